The van der Waals surface area contributed by atoms with Crippen molar-refractivity contribution in [2.24, 2.45) is 5.73 Å². The van der Waals surface area contributed by atoms with Crippen LogP contribution in [0.1, 0.15) is 38.5 Å². The average Bonchev–Trinajstić information content (AvgIpc) is 2.59. The van der Waals surface area contributed by atoms with Gasteiger partial charge >= 0.3 is 6.18 Å². The summed E-state index contributed by atoms with van der Waals surface area (Å²) in [4.78, 5) is 11.6. The number of carbonyl (C=O) groups excluding carboxylic acids is 1. The van der Waals surface area contributed by atoms with Crippen molar-refractivity contribution >= 4 is 5.91 Å². The highest BCUT2D eigenvalue weighted by Gasteiger charge is 2.36. The second-order valence-corrected chi connectivity index (χ2v) is 4.34. The molecule has 6 heteroatoms. The average molecular weight is 238 g/mol. The van der Waals surface area contributed by atoms with Crippen LogP contribution in [-0.2, 0) is 4.79 Å². The predicted molar refractivity (Wildman–Crippen MR) is 53.7 cm³/mol. The van der Waals surface area contributed by atoms with Gasteiger partial charge in [-0.25, -0.2) is 0 Å². The topological polar surface area (TPSA) is 55.1 Å². The van der Waals surface area contributed by atoms with Crippen LogP contribution in [-0.4, -0.2) is 24.2 Å². The first kappa shape index (κ1) is 13.3. The van der Waals surface area contributed by atoms with E-state index in [1.807, 2.05) is 0 Å². The largest absolute Gasteiger partial charge is 0.389 e. The summed E-state index contributed by atoms with van der Waals surface area (Å²) in [5.74, 6) is -0.313. The maximum atomic E-state index is 11.8. The smallest absolute Gasteiger partial charge is 0.354 e. The Morgan fingerprint density at radius 3 is 2.38 bits per heavy atom. The first-order chi connectivity index (χ1) is 7.33. The SMILES string of the molecule is NC1(C(=O)NCCCC(F)(F)F)CCCC1. The minimum absolute atomic E-state index is 0.0390. The zero-order valence-electron chi connectivity index (χ0n) is 9.07. The Balaban J connectivity index is 2.20. The van der Waals surface area contributed by atoms with E-state index in [1.165, 1.54) is 0 Å². The summed E-state index contributed by atoms with van der Waals surface area (Å²) < 4.78 is 35.5. The molecule has 0 radical (unpaired) electrons. The fourth-order valence-electron chi connectivity index (χ4n) is 1.90. The van der Waals surface area contributed by atoms with Crippen molar-refractivity contribution in [3.63, 3.8) is 0 Å². The Morgan fingerprint density at radius 2 is 1.88 bits per heavy atom. The molecule has 0 spiro atoms. The molecule has 1 saturated carbocycles. The van der Waals surface area contributed by atoms with E-state index in [4.69, 9.17) is 5.73 Å². The molecular weight excluding hydrogens is 221 g/mol. The van der Waals surface area contributed by atoms with E-state index in [0.29, 0.717) is 12.8 Å². The third kappa shape index (κ3) is 4.00. The van der Waals surface area contributed by atoms with E-state index in [0.717, 1.165) is 12.8 Å². The van der Waals surface area contributed by atoms with Gasteiger partial charge in [-0.3, -0.25) is 4.79 Å². The molecule has 0 saturated heterocycles. The van der Waals surface area contributed by atoms with Gasteiger partial charge in [0.1, 0.15) is 0 Å². The lowest BCUT2D eigenvalue weighted by atomic mass is 9.98. The van der Waals surface area contributed by atoms with Crippen molar-refractivity contribution in [3.05, 3.63) is 0 Å². The highest BCUT2D eigenvalue weighted by atomic mass is 19.4. The molecule has 1 aliphatic rings. The number of nitrogens with two attached hydrogens (primary N) is 1. The number of alkyl halides is 3. The molecule has 1 amide bonds. The molecule has 0 aromatic carbocycles. The van der Waals surface area contributed by atoms with E-state index < -0.39 is 18.1 Å². The maximum Gasteiger partial charge on any atom is 0.389 e. The standard InChI is InChI=1S/C10H17F3N2O/c11-10(12,13)6-3-7-15-8(16)9(14)4-1-2-5-9/h1-7,14H2,(H,15,16). The summed E-state index contributed by atoms with van der Waals surface area (Å²) in [6.45, 7) is 0.0390. The fraction of sp³-hybridized carbons (Fsp3) is 0.900. The third-order valence-corrected chi connectivity index (χ3v) is 2.87. The molecule has 0 atom stereocenters. The summed E-state index contributed by atoms with van der Waals surface area (Å²) in [6.07, 6.45) is -2.05. The lowest BCUT2D eigenvalue weighted by Gasteiger charge is -2.22. The zero-order valence-corrected chi connectivity index (χ0v) is 9.07. The third-order valence-electron chi connectivity index (χ3n) is 2.87. The van der Waals surface area contributed by atoms with Crippen LogP contribution in [0.2, 0.25) is 0 Å². The maximum absolute atomic E-state index is 11.8. The highest BCUT2D eigenvalue weighted by Crippen LogP contribution is 2.27. The van der Waals surface area contributed by atoms with E-state index >= 15 is 0 Å². The zero-order chi connectivity index (χ0) is 12.2. The molecule has 1 rings (SSSR count). The number of carbonyl (C=O) groups is 1. The summed E-state index contributed by atoms with van der Waals surface area (Å²) >= 11 is 0. The van der Waals surface area contributed by atoms with Gasteiger partial charge in [0.2, 0.25) is 5.91 Å². The molecule has 3 nitrogen and oxygen atoms in total. The van der Waals surface area contributed by atoms with Crippen LogP contribution in [0.25, 0.3) is 0 Å². The molecular formula is C10H17F3N2O. The first-order valence-electron chi connectivity index (χ1n) is 5.47. The van der Waals surface area contributed by atoms with Crippen LogP contribution in [0.15, 0.2) is 0 Å². The van der Waals surface area contributed by atoms with Crippen LogP contribution in [0, 0.1) is 0 Å². The highest BCUT2D eigenvalue weighted by molar-refractivity contribution is 5.86. The van der Waals surface area contributed by atoms with Gasteiger partial charge in [0.05, 0.1) is 5.54 Å². The van der Waals surface area contributed by atoms with E-state index in [1.54, 1.807) is 0 Å². The molecule has 0 aromatic rings. The number of halogens is 3. The second-order valence-electron chi connectivity index (χ2n) is 4.34. The molecule has 3 N–H and O–H groups in total. The van der Waals surface area contributed by atoms with Gasteiger partial charge in [-0.15, -0.1) is 0 Å². The van der Waals surface area contributed by atoms with Crippen molar-refractivity contribution in [2.75, 3.05) is 6.54 Å². The Bertz CT molecular complexity index is 247. The van der Waals surface area contributed by atoms with Gasteiger partial charge < -0.3 is 11.1 Å². The van der Waals surface area contributed by atoms with Gasteiger partial charge in [0.25, 0.3) is 0 Å². The van der Waals surface area contributed by atoms with Crippen molar-refractivity contribution in [2.45, 2.75) is 50.2 Å². The number of nitrogens with one attached hydrogen (secondary N) is 1. The first-order valence-corrected chi connectivity index (χ1v) is 5.47. The van der Waals surface area contributed by atoms with Crippen molar-refractivity contribution in [3.8, 4) is 0 Å². The molecule has 1 fully saturated rings. The van der Waals surface area contributed by atoms with Gasteiger partial charge in [-0.1, -0.05) is 12.8 Å². The number of rotatable bonds is 4. The molecule has 16 heavy (non-hydrogen) atoms. The summed E-state index contributed by atoms with van der Waals surface area (Å²) in [7, 11) is 0. The van der Waals surface area contributed by atoms with Crippen LogP contribution < -0.4 is 11.1 Å². The van der Waals surface area contributed by atoms with Crippen LogP contribution >= 0.6 is 0 Å². The van der Waals surface area contributed by atoms with E-state index in [9.17, 15) is 18.0 Å². The van der Waals surface area contributed by atoms with Gasteiger partial charge in [0.15, 0.2) is 0 Å². The number of amides is 1. The van der Waals surface area contributed by atoms with E-state index in [2.05, 4.69) is 5.32 Å². The minimum Gasteiger partial charge on any atom is -0.354 e. The fourth-order valence-corrected chi connectivity index (χ4v) is 1.90. The Labute approximate surface area is 92.6 Å². The molecule has 94 valence electrons. The van der Waals surface area contributed by atoms with Gasteiger partial charge in [-0.05, 0) is 19.3 Å². The minimum atomic E-state index is -4.15. The Hall–Kier alpha value is -0.780. The predicted octanol–water partition coefficient (Wildman–Crippen LogP) is 1.72. The Morgan fingerprint density at radius 1 is 1.31 bits per heavy atom. The van der Waals surface area contributed by atoms with Crippen molar-refractivity contribution < 1.29 is 18.0 Å². The molecule has 1 aliphatic carbocycles. The van der Waals surface area contributed by atoms with E-state index in [-0.39, 0.29) is 18.9 Å². The lowest BCUT2D eigenvalue weighted by Crippen LogP contribution is -2.52. The van der Waals surface area contributed by atoms with Crippen LogP contribution in [0.5, 0.6) is 0 Å². The molecule has 0 bridgehead atoms. The normalized spacial score (nSPS) is 19.8. The van der Waals surface area contributed by atoms with Crippen LogP contribution in [0.4, 0.5) is 13.2 Å². The number of hydrogen-bond acceptors (Lipinski definition) is 2. The quantitative estimate of drug-likeness (QED) is 0.733. The Kier molecular flexibility index (Phi) is 4.18. The molecule has 0 heterocycles. The van der Waals surface area contributed by atoms with Crippen molar-refractivity contribution in [1.29, 1.82) is 0 Å². The lowest BCUT2D eigenvalue weighted by molar-refractivity contribution is -0.136. The summed E-state index contributed by atoms with van der Waals surface area (Å²) in [5, 5.41) is 2.47. The second kappa shape index (κ2) is 5.03. The number of hydrogen-bond donors (Lipinski definition) is 2. The van der Waals surface area contributed by atoms with Crippen LogP contribution in [0.3, 0.4) is 0 Å². The molecule has 0 unspecified atom stereocenters. The van der Waals surface area contributed by atoms with Gasteiger partial charge in [-0.2, -0.15) is 13.2 Å². The summed E-state index contributed by atoms with van der Waals surface area (Å²) in [6, 6.07) is 0. The van der Waals surface area contributed by atoms with Crippen molar-refractivity contribution in [1.82, 2.24) is 5.32 Å². The molecule has 0 aliphatic heterocycles. The monoisotopic (exact) mass is 238 g/mol. The van der Waals surface area contributed by atoms with Gasteiger partial charge in [0, 0.05) is 13.0 Å². The summed E-state index contributed by atoms with van der Waals surface area (Å²) in [5.41, 5.74) is 4.99. The molecule has 0 aromatic heterocycles.